The van der Waals surface area contributed by atoms with E-state index < -0.39 is 17.5 Å². The molecule has 66 valence electrons. The molecule has 4 heteroatoms. The fourth-order valence-electron chi connectivity index (χ4n) is 0.877. The van der Waals surface area contributed by atoms with Gasteiger partial charge in [0.05, 0.1) is 5.56 Å². The summed E-state index contributed by atoms with van der Waals surface area (Å²) in [5.74, 6) is -0.729. The topological polar surface area (TPSA) is 20.2 Å². The van der Waals surface area contributed by atoms with Gasteiger partial charge in [-0.25, -0.2) is 0 Å². The Morgan fingerprint density at radius 2 is 1.83 bits per heavy atom. The van der Waals surface area contributed by atoms with Gasteiger partial charge in [-0.05, 0) is 19.1 Å². The van der Waals surface area contributed by atoms with Crippen molar-refractivity contribution in [2.24, 2.45) is 0 Å². The SMILES string of the molecule is Cc1ccc(O)c(C(F)(F)F)c1. The highest BCUT2D eigenvalue weighted by Gasteiger charge is 2.33. The van der Waals surface area contributed by atoms with Gasteiger partial charge < -0.3 is 5.11 Å². The number of phenols is 1. The molecular weight excluding hydrogens is 169 g/mol. The fraction of sp³-hybridized carbons (Fsp3) is 0.250. The Labute approximate surface area is 67.5 Å². The number of halogens is 3. The third kappa shape index (κ3) is 1.69. The molecule has 0 radical (unpaired) electrons. The van der Waals surface area contributed by atoms with Crippen LogP contribution in [-0.4, -0.2) is 5.11 Å². The van der Waals surface area contributed by atoms with Gasteiger partial charge in [0.15, 0.2) is 0 Å². The van der Waals surface area contributed by atoms with Crippen LogP contribution in [0.5, 0.6) is 5.75 Å². The minimum Gasteiger partial charge on any atom is -0.507 e. The summed E-state index contributed by atoms with van der Waals surface area (Å²) < 4.78 is 36.2. The zero-order valence-electron chi connectivity index (χ0n) is 6.31. The molecule has 12 heavy (non-hydrogen) atoms. The van der Waals surface area contributed by atoms with Crippen LogP contribution in [0.3, 0.4) is 0 Å². The second-order valence-electron chi connectivity index (χ2n) is 2.52. The summed E-state index contributed by atoms with van der Waals surface area (Å²) in [6.45, 7) is 1.54. The van der Waals surface area contributed by atoms with Crippen LogP contribution in [0.1, 0.15) is 11.1 Å². The van der Waals surface area contributed by atoms with Crippen molar-refractivity contribution in [2.45, 2.75) is 13.1 Å². The molecule has 0 aliphatic rings. The number of aryl methyl sites for hydroxylation is 1. The van der Waals surface area contributed by atoms with Gasteiger partial charge in [0, 0.05) is 0 Å². The lowest BCUT2D eigenvalue weighted by atomic mass is 10.1. The lowest BCUT2D eigenvalue weighted by molar-refractivity contribution is -0.138. The standard InChI is InChI=1S/C8H7F3O/c1-5-2-3-7(12)6(4-5)8(9,10)11/h2-4,12H,1H3. The maximum Gasteiger partial charge on any atom is 0.419 e. The molecule has 0 saturated heterocycles. The molecule has 1 aromatic carbocycles. The summed E-state index contributed by atoms with van der Waals surface area (Å²) >= 11 is 0. The van der Waals surface area contributed by atoms with E-state index >= 15 is 0 Å². The van der Waals surface area contributed by atoms with E-state index in [9.17, 15) is 13.2 Å². The van der Waals surface area contributed by atoms with Gasteiger partial charge in [0.2, 0.25) is 0 Å². The summed E-state index contributed by atoms with van der Waals surface area (Å²) in [4.78, 5) is 0. The highest BCUT2D eigenvalue weighted by Crippen LogP contribution is 2.35. The van der Waals surface area contributed by atoms with E-state index in [0.29, 0.717) is 5.56 Å². The van der Waals surface area contributed by atoms with Crippen molar-refractivity contribution in [3.05, 3.63) is 29.3 Å². The molecule has 0 fully saturated rings. The zero-order valence-corrected chi connectivity index (χ0v) is 6.31. The molecule has 0 amide bonds. The van der Waals surface area contributed by atoms with Crippen molar-refractivity contribution >= 4 is 0 Å². The summed E-state index contributed by atoms with van der Waals surface area (Å²) in [7, 11) is 0. The molecule has 0 heterocycles. The molecule has 0 aliphatic carbocycles. The first kappa shape index (κ1) is 8.90. The summed E-state index contributed by atoms with van der Waals surface area (Å²) in [5.41, 5.74) is -0.511. The molecule has 0 bridgehead atoms. The van der Waals surface area contributed by atoms with Gasteiger partial charge in [0.25, 0.3) is 0 Å². The van der Waals surface area contributed by atoms with E-state index in [2.05, 4.69) is 0 Å². The van der Waals surface area contributed by atoms with Crippen LogP contribution in [0.15, 0.2) is 18.2 Å². The maximum atomic E-state index is 12.1. The van der Waals surface area contributed by atoms with E-state index in [1.807, 2.05) is 0 Å². The molecule has 1 nitrogen and oxygen atoms in total. The van der Waals surface area contributed by atoms with Crippen molar-refractivity contribution in [1.82, 2.24) is 0 Å². The predicted molar refractivity (Wildman–Crippen MR) is 37.8 cm³/mol. The van der Waals surface area contributed by atoms with Gasteiger partial charge in [-0.3, -0.25) is 0 Å². The van der Waals surface area contributed by atoms with E-state index in [4.69, 9.17) is 5.11 Å². The Bertz CT molecular complexity index is 291. The number of hydrogen-bond donors (Lipinski definition) is 1. The van der Waals surface area contributed by atoms with Crippen LogP contribution in [0.2, 0.25) is 0 Å². The second kappa shape index (κ2) is 2.69. The Morgan fingerprint density at radius 1 is 1.25 bits per heavy atom. The number of aromatic hydroxyl groups is 1. The van der Waals surface area contributed by atoms with Crippen LogP contribution < -0.4 is 0 Å². The van der Waals surface area contributed by atoms with Crippen molar-refractivity contribution in [3.63, 3.8) is 0 Å². The van der Waals surface area contributed by atoms with E-state index in [1.165, 1.54) is 13.0 Å². The maximum absolute atomic E-state index is 12.1. The third-order valence-corrected chi connectivity index (χ3v) is 1.46. The van der Waals surface area contributed by atoms with Gasteiger partial charge in [-0.1, -0.05) is 11.6 Å². The minimum atomic E-state index is -4.48. The number of hydrogen-bond acceptors (Lipinski definition) is 1. The number of benzene rings is 1. The summed E-state index contributed by atoms with van der Waals surface area (Å²) in [6, 6.07) is 3.37. The van der Waals surface area contributed by atoms with Crippen LogP contribution in [0, 0.1) is 6.92 Å². The molecular formula is C8H7F3O. The average Bonchev–Trinajstić information content (AvgIpc) is 1.92. The van der Waals surface area contributed by atoms with E-state index in [-0.39, 0.29) is 0 Å². The van der Waals surface area contributed by atoms with Crippen molar-refractivity contribution in [3.8, 4) is 5.75 Å². The Kier molecular flexibility index (Phi) is 2.00. The summed E-state index contributed by atoms with van der Waals surface area (Å²) in [5, 5.41) is 8.85. The second-order valence-corrected chi connectivity index (χ2v) is 2.52. The van der Waals surface area contributed by atoms with E-state index in [1.54, 1.807) is 0 Å². The van der Waals surface area contributed by atoms with Gasteiger partial charge in [-0.2, -0.15) is 13.2 Å². The van der Waals surface area contributed by atoms with Crippen LogP contribution in [0.4, 0.5) is 13.2 Å². The number of alkyl halides is 3. The van der Waals surface area contributed by atoms with Crippen LogP contribution in [-0.2, 0) is 6.18 Å². The normalized spacial score (nSPS) is 11.7. The van der Waals surface area contributed by atoms with Crippen molar-refractivity contribution < 1.29 is 18.3 Å². The predicted octanol–water partition coefficient (Wildman–Crippen LogP) is 2.72. The monoisotopic (exact) mass is 176 g/mol. The Hall–Kier alpha value is -1.19. The third-order valence-electron chi connectivity index (χ3n) is 1.46. The Balaban J connectivity index is 3.23. The number of rotatable bonds is 0. The van der Waals surface area contributed by atoms with Gasteiger partial charge in [0.1, 0.15) is 5.75 Å². The van der Waals surface area contributed by atoms with E-state index in [0.717, 1.165) is 12.1 Å². The van der Waals surface area contributed by atoms with Gasteiger partial charge >= 0.3 is 6.18 Å². The molecule has 0 atom stereocenters. The molecule has 0 unspecified atom stereocenters. The fourth-order valence-corrected chi connectivity index (χ4v) is 0.877. The van der Waals surface area contributed by atoms with Crippen LogP contribution in [0.25, 0.3) is 0 Å². The number of phenolic OH excluding ortho intramolecular Hbond substituents is 1. The van der Waals surface area contributed by atoms with Gasteiger partial charge in [-0.15, -0.1) is 0 Å². The first-order valence-electron chi connectivity index (χ1n) is 3.28. The molecule has 0 saturated carbocycles. The first-order chi connectivity index (χ1) is 5.41. The Morgan fingerprint density at radius 3 is 2.25 bits per heavy atom. The molecule has 0 aromatic heterocycles. The molecule has 0 aliphatic heterocycles. The molecule has 1 N–H and O–H groups in total. The lowest BCUT2D eigenvalue weighted by Crippen LogP contribution is -2.05. The van der Waals surface area contributed by atoms with Crippen LogP contribution >= 0.6 is 0 Å². The minimum absolute atomic E-state index is 0.472. The highest BCUT2D eigenvalue weighted by atomic mass is 19.4. The molecule has 1 aromatic rings. The lowest BCUT2D eigenvalue weighted by Gasteiger charge is -2.08. The smallest absolute Gasteiger partial charge is 0.419 e. The quantitative estimate of drug-likeness (QED) is 0.644. The first-order valence-corrected chi connectivity index (χ1v) is 3.28. The molecule has 0 spiro atoms. The largest absolute Gasteiger partial charge is 0.507 e. The highest BCUT2D eigenvalue weighted by molar-refractivity contribution is 5.37. The zero-order chi connectivity index (χ0) is 9.35. The van der Waals surface area contributed by atoms with Crippen molar-refractivity contribution in [1.29, 1.82) is 0 Å². The summed E-state index contributed by atoms with van der Waals surface area (Å²) in [6.07, 6.45) is -4.48. The van der Waals surface area contributed by atoms with Crippen molar-refractivity contribution in [2.75, 3.05) is 0 Å². The molecule has 1 rings (SSSR count). The average molecular weight is 176 g/mol.